The Balaban J connectivity index is 1.46. The maximum absolute atomic E-state index is 12.3. The lowest BCUT2D eigenvalue weighted by atomic mass is 10.1. The molecule has 4 rings (SSSR count). The molecule has 0 spiro atoms. The quantitative estimate of drug-likeness (QED) is 0.526. The first kappa shape index (κ1) is 17.8. The first-order valence-electron chi connectivity index (χ1n) is 9.14. The summed E-state index contributed by atoms with van der Waals surface area (Å²) in [7, 11) is 0. The topological polar surface area (TPSA) is 67.0 Å². The van der Waals surface area contributed by atoms with E-state index in [2.05, 4.69) is 15.3 Å². The third kappa shape index (κ3) is 3.74. The van der Waals surface area contributed by atoms with E-state index in [4.69, 9.17) is 4.74 Å². The number of benzene rings is 3. The van der Waals surface area contributed by atoms with Crippen LogP contribution in [0.3, 0.4) is 0 Å². The van der Waals surface area contributed by atoms with Gasteiger partial charge >= 0.3 is 0 Å². The highest BCUT2D eigenvalue weighted by molar-refractivity contribution is 5.92. The number of carbonyl (C=O) groups is 1. The Bertz CT molecular complexity index is 1090. The average molecular weight is 371 g/mol. The zero-order valence-electron chi connectivity index (χ0n) is 15.8. The molecular weight excluding hydrogens is 350 g/mol. The normalized spacial score (nSPS) is 10.8. The van der Waals surface area contributed by atoms with E-state index < -0.39 is 0 Å². The summed E-state index contributed by atoms with van der Waals surface area (Å²) in [5, 5.41) is 2.89. The van der Waals surface area contributed by atoms with E-state index >= 15 is 0 Å². The highest BCUT2D eigenvalue weighted by Gasteiger charge is 2.09. The van der Waals surface area contributed by atoms with E-state index in [-0.39, 0.29) is 12.5 Å². The lowest BCUT2D eigenvalue weighted by molar-refractivity contribution is -0.118. The van der Waals surface area contributed by atoms with E-state index in [9.17, 15) is 4.79 Å². The molecule has 0 radical (unpaired) electrons. The molecule has 5 nitrogen and oxygen atoms in total. The Morgan fingerprint density at radius 2 is 1.75 bits per heavy atom. The van der Waals surface area contributed by atoms with Crippen LogP contribution in [-0.2, 0) is 4.79 Å². The van der Waals surface area contributed by atoms with Crippen LogP contribution in [0.2, 0.25) is 0 Å². The highest BCUT2D eigenvalue weighted by Crippen LogP contribution is 2.24. The number of aromatic nitrogens is 2. The Morgan fingerprint density at radius 3 is 2.54 bits per heavy atom. The molecule has 1 heterocycles. The van der Waals surface area contributed by atoms with Gasteiger partial charge in [0.25, 0.3) is 5.91 Å². The zero-order chi connectivity index (χ0) is 19.5. The third-order valence-corrected chi connectivity index (χ3v) is 4.57. The summed E-state index contributed by atoms with van der Waals surface area (Å²) in [4.78, 5) is 20.2. The van der Waals surface area contributed by atoms with Crippen LogP contribution in [0.25, 0.3) is 22.4 Å². The minimum atomic E-state index is -0.204. The number of anilines is 1. The molecule has 0 aliphatic rings. The van der Waals surface area contributed by atoms with Crippen molar-refractivity contribution < 1.29 is 9.53 Å². The van der Waals surface area contributed by atoms with Crippen molar-refractivity contribution in [2.45, 2.75) is 13.8 Å². The van der Waals surface area contributed by atoms with Crippen LogP contribution < -0.4 is 10.1 Å². The van der Waals surface area contributed by atoms with Gasteiger partial charge in [0.15, 0.2) is 6.61 Å². The van der Waals surface area contributed by atoms with E-state index in [0.29, 0.717) is 5.69 Å². The van der Waals surface area contributed by atoms with Gasteiger partial charge in [0.1, 0.15) is 11.6 Å². The van der Waals surface area contributed by atoms with Crippen molar-refractivity contribution in [1.29, 1.82) is 0 Å². The molecule has 0 atom stereocenters. The maximum atomic E-state index is 12.3. The Morgan fingerprint density at radius 1 is 1.00 bits per heavy atom. The second-order valence-electron chi connectivity index (χ2n) is 6.74. The molecule has 0 unspecified atom stereocenters. The summed E-state index contributed by atoms with van der Waals surface area (Å²) in [6.45, 7) is 3.90. The molecule has 5 heteroatoms. The summed E-state index contributed by atoms with van der Waals surface area (Å²) in [6.07, 6.45) is 0. The van der Waals surface area contributed by atoms with Gasteiger partial charge in [-0.05, 0) is 49.2 Å². The molecule has 0 bridgehead atoms. The van der Waals surface area contributed by atoms with E-state index in [1.54, 1.807) is 0 Å². The van der Waals surface area contributed by atoms with Crippen LogP contribution >= 0.6 is 0 Å². The molecule has 0 saturated heterocycles. The van der Waals surface area contributed by atoms with Gasteiger partial charge in [0.2, 0.25) is 0 Å². The molecule has 2 N–H and O–H groups in total. The van der Waals surface area contributed by atoms with Crippen LogP contribution in [0.5, 0.6) is 5.75 Å². The standard InChI is InChI=1S/C23H21N3O2/c1-15-7-5-8-16(2)22(15)28-14-21(27)24-18-10-6-9-17(13-18)23-25-19-11-3-4-12-20(19)26-23/h3-13H,14H2,1-2H3,(H,24,27)(H,25,26). The number of nitrogens with one attached hydrogen (secondary N) is 2. The van der Waals surface area contributed by atoms with Gasteiger partial charge in [0.05, 0.1) is 11.0 Å². The summed E-state index contributed by atoms with van der Waals surface area (Å²) < 4.78 is 5.73. The van der Waals surface area contributed by atoms with Gasteiger partial charge < -0.3 is 15.0 Å². The number of hydrogen-bond donors (Lipinski definition) is 2. The molecule has 0 fully saturated rings. The third-order valence-electron chi connectivity index (χ3n) is 4.57. The van der Waals surface area contributed by atoms with Gasteiger partial charge in [-0.1, -0.05) is 42.5 Å². The molecular formula is C23H21N3O2. The molecule has 0 aliphatic carbocycles. The van der Waals surface area contributed by atoms with Crippen molar-refractivity contribution in [3.8, 4) is 17.1 Å². The van der Waals surface area contributed by atoms with Crippen molar-refractivity contribution in [2.24, 2.45) is 0 Å². The maximum Gasteiger partial charge on any atom is 0.262 e. The lowest BCUT2D eigenvalue weighted by Gasteiger charge is -2.12. The largest absolute Gasteiger partial charge is 0.483 e. The van der Waals surface area contributed by atoms with Gasteiger partial charge in [-0.3, -0.25) is 4.79 Å². The average Bonchev–Trinajstić information content (AvgIpc) is 3.12. The van der Waals surface area contributed by atoms with Crippen LogP contribution in [-0.4, -0.2) is 22.5 Å². The van der Waals surface area contributed by atoms with E-state index in [1.807, 2.05) is 80.6 Å². The van der Waals surface area contributed by atoms with Crippen molar-refractivity contribution in [3.05, 3.63) is 77.9 Å². The molecule has 140 valence electrons. The van der Waals surface area contributed by atoms with Crippen LogP contribution in [0.4, 0.5) is 5.69 Å². The Hall–Kier alpha value is -3.60. The van der Waals surface area contributed by atoms with Crippen LogP contribution in [0.1, 0.15) is 11.1 Å². The number of imidazole rings is 1. The number of aromatic amines is 1. The second kappa shape index (κ2) is 7.56. The molecule has 0 aliphatic heterocycles. The van der Waals surface area contributed by atoms with Crippen molar-refractivity contribution in [2.75, 3.05) is 11.9 Å². The number of rotatable bonds is 5. The number of nitrogens with zero attached hydrogens (tertiary/aromatic N) is 1. The van der Waals surface area contributed by atoms with E-state index in [0.717, 1.165) is 39.3 Å². The second-order valence-corrected chi connectivity index (χ2v) is 6.74. The number of H-pyrrole nitrogens is 1. The summed E-state index contributed by atoms with van der Waals surface area (Å²) >= 11 is 0. The number of para-hydroxylation sites is 3. The molecule has 28 heavy (non-hydrogen) atoms. The van der Waals surface area contributed by atoms with Gasteiger partial charge in [-0.2, -0.15) is 0 Å². The van der Waals surface area contributed by atoms with Gasteiger partial charge in [-0.15, -0.1) is 0 Å². The van der Waals surface area contributed by atoms with Gasteiger partial charge in [0, 0.05) is 11.3 Å². The fraction of sp³-hybridized carbons (Fsp3) is 0.130. The van der Waals surface area contributed by atoms with Crippen molar-refractivity contribution >= 4 is 22.6 Å². The molecule has 0 saturated carbocycles. The van der Waals surface area contributed by atoms with Crippen molar-refractivity contribution in [3.63, 3.8) is 0 Å². The highest BCUT2D eigenvalue weighted by atomic mass is 16.5. The number of amides is 1. The first-order chi connectivity index (χ1) is 13.6. The molecule has 1 amide bonds. The van der Waals surface area contributed by atoms with Crippen LogP contribution in [0, 0.1) is 13.8 Å². The number of fused-ring (bicyclic) bond motifs is 1. The minimum absolute atomic E-state index is 0.0411. The van der Waals surface area contributed by atoms with E-state index in [1.165, 1.54) is 0 Å². The van der Waals surface area contributed by atoms with Gasteiger partial charge in [-0.25, -0.2) is 4.98 Å². The molecule has 3 aromatic carbocycles. The lowest BCUT2D eigenvalue weighted by Crippen LogP contribution is -2.20. The smallest absolute Gasteiger partial charge is 0.262 e. The summed E-state index contributed by atoms with van der Waals surface area (Å²) in [5.41, 5.74) is 5.53. The molecule has 4 aromatic rings. The number of carbonyl (C=O) groups excluding carboxylic acids is 1. The molecule has 1 aromatic heterocycles. The number of ether oxygens (including phenoxy) is 1. The minimum Gasteiger partial charge on any atom is -0.483 e. The first-order valence-corrected chi connectivity index (χ1v) is 9.14. The predicted molar refractivity (Wildman–Crippen MR) is 112 cm³/mol. The summed E-state index contributed by atoms with van der Waals surface area (Å²) in [5.74, 6) is 1.32. The van der Waals surface area contributed by atoms with Crippen molar-refractivity contribution in [1.82, 2.24) is 9.97 Å². The fourth-order valence-corrected chi connectivity index (χ4v) is 3.20. The zero-order valence-corrected chi connectivity index (χ0v) is 15.8. The number of hydrogen-bond acceptors (Lipinski definition) is 3. The fourth-order valence-electron chi connectivity index (χ4n) is 3.20. The monoisotopic (exact) mass is 371 g/mol. The SMILES string of the molecule is Cc1cccc(C)c1OCC(=O)Nc1cccc(-c2nc3ccccc3[nH]2)c1. The number of aryl methyl sites for hydroxylation is 2. The predicted octanol–water partition coefficient (Wildman–Crippen LogP) is 4.86. The summed E-state index contributed by atoms with van der Waals surface area (Å²) in [6, 6.07) is 21.4. The Kier molecular flexibility index (Phi) is 4.81. The van der Waals surface area contributed by atoms with Crippen LogP contribution in [0.15, 0.2) is 66.7 Å². The Labute approximate surface area is 163 Å².